The average molecular weight is 228 g/mol. The van der Waals surface area contributed by atoms with Crippen molar-refractivity contribution in [1.29, 1.82) is 0 Å². The third kappa shape index (κ3) is 4.84. The Bertz CT molecular complexity index is 201. The highest BCUT2D eigenvalue weighted by molar-refractivity contribution is 4.92. The zero-order valence-electron chi connectivity index (χ0n) is 12.6. The fourth-order valence-corrected chi connectivity index (χ4v) is 1.85. The lowest BCUT2D eigenvalue weighted by Crippen LogP contribution is -2.53. The van der Waals surface area contributed by atoms with Gasteiger partial charge in [0.05, 0.1) is 0 Å². The molecule has 2 nitrogen and oxygen atoms in total. The first-order valence-corrected chi connectivity index (χ1v) is 6.46. The molecule has 0 aromatic heterocycles. The van der Waals surface area contributed by atoms with Gasteiger partial charge in [-0.2, -0.15) is 0 Å². The molecule has 0 aliphatic rings. The molecule has 0 saturated carbocycles. The quantitative estimate of drug-likeness (QED) is 0.757. The summed E-state index contributed by atoms with van der Waals surface area (Å²) in [5, 5.41) is 0. The number of nitrogens with two attached hydrogens (primary N) is 1. The molecule has 0 radical (unpaired) electrons. The van der Waals surface area contributed by atoms with Gasteiger partial charge in [0.1, 0.15) is 0 Å². The number of hydrogen-bond donors (Lipinski definition) is 1. The summed E-state index contributed by atoms with van der Waals surface area (Å²) in [5.74, 6) is 0.756. The SMILES string of the molecule is CC(C)CC(C)N(C)CC(C)(C)C(C)(C)N. The van der Waals surface area contributed by atoms with Crippen LogP contribution in [-0.4, -0.2) is 30.1 Å². The van der Waals surface area contributed by atoms with Crippen molar-refractivity contribution in [2.75, 3.05) is 13.6 Å². The molecular weight excluding hydrogens is 196 g/mol. The van der Waals surface area contributed by atoms with Gasteiger partial charge in [-0.1, -0.05) is 27.7 Å². The van der Waals surface area contributed by atoms with Crippen molar-refractivity contribution in [3.05, 3.63) is 0 Å². The minimum atomic E-state index is -0.140. The second-order valence-electron chi connectivity index (χ2n) is 7.00. The van der Waals surface area contributed by atoms with E-state index >= 15 is 0 Å². The molecule has 0 aromatic carbocycles. The van der Waals surface area contributed by atoms with Crippen molar-refractivity contribution in [3.63, 3.8) is 0 Å². The third-order valence-corrected chi connectivity index (χ3v) is 3.95. The van der Waals surface area contributed by atoms with Gasteiger partial charge in [-0.15, -0.1) is 0 Å². The van der Waals surface area contributed by atoms with Gasteiger partial charge in [0.15, 0.2) is 0 Å². The Hall–Kier alpha value is -0.0800. The first-order valence-electron chi connectivity index (χ1n) is 6.46. The Morgan fingerprint density at radius 1 is 1.06 bits per heavy atom. The lowest BCUT2D eigenvalue weighted by molar-refractivity contribution is 0.101. The van der Waals surface area contributed by atoms with E-state index in [9.17, 15) is 0 Å². The highest BCUT2D eigenvalue weighted by Crippen LogP contribution is 2.29. The van der Waals surface area contributed by atoms with Gasteiger partial charge in [0.25, 0.3) is 0 Å². The molecule has 0 fully saturated rings. The molecule has 1 unspecified atom stereocenters. The Labute approximate surface area is 103 Å². The van der Waals surface area contributed by atoms with E-state index in [0.29, 0.717) is 6.04 Å². The zero-order valence-corrected chi connectivity index (χ0v) is 12.6. The normalized spacial score (nSPS) is 15.9. The van der Waals surface area contributed by atoms with Crippen molar-refractivity contribution >= 4 is 0 Å². The summed E-state index contributed by atoms with van der Waals surface area (Å²) in [5.41, 5.74) is 6.23. The van der Waals surface area contributed by atoms with E-state index in [4.69, 9.17) is 5.73 Å². The van der Waals surface area contributed by atoms with Crippen LogP contribution in [0.3, 0.4) is 0 Å². The van der Waals surface area contributed by atoms with Crippen molar-refractivity contribution < 1.29 is 0 Å². The van der Waals surface area contributed by atoms with E-state index in [-0.39, 0.29) is 11.0 Å². The van der Waals surface area contributed by atoms with Crippen LogP contribution in [-0.2, 0) is 0 Å². The maximum atomic E-state index is 6.24. The summed E-state index contributed by atoms with van der Waals surface area (Å²) in [6.07, 6.45) is 1.25. The van der Waals surface area contributed by atoms with Gasteiger partial charge in [0.2, 0.25) is 0 Å². The minimum Gasteiger partial charge on any atom is -0.325 e. The van der Waals surface area contributed by atoms with E-state index in [1.165, 1.54) is 6.42 Å². The smallest absolute Gasteiger partial charge is 0.0161 e. The minimum absolute atomic E-state index is 0.132. The predicted molar refractivity (Wildman–Crippen MR) is 73.6 cm³/mol. The summed E-state index contributed by atoms with van der Waals surface area (Å²) in [7, 11) is 2.21. The molecule has 0 amide bonds. The number of hydrogen-bond acceptors (Lipinski definition) is 2. The molecule has 0 spiro atoms. The van der Waals surface area contributed by atoms with Crippen LogP contribution in [0.5, 0.6) is 0 Å². The van der Waals surface area contributed by atoms with Gasteiger partial charge in [-0.3, -0.25) is 0 Å². The highest BCUT2D eigenvalue weighted by Gasteiger charge is 2.35. The van der Waals surface area contributed by atoms with Gasteiger partial charge >= 0.3 is 0 Å². The Kier molecular flexibility index (Phi) is 5.48. The van der Waals surface area contributed by atoms with Gasteiger partial charge in [-0.25, -0.2) is 0 Å². The van der Waals surface area contributed by atoms with Crippen LogP contribution in [0.25, 0.3) is 0 Å². The van der Waals surface area contributed by atoms with Crippen molar-refractivity contribution in [2.24, 2.45) is 17.1 Å². The van der Waals surface area contributed by atoms with Crippen LogP contribution in [0, 0.1) is 11.3 Å². The van der Waals surface area contributed by atoms with Crippen LogP contribution in [0.2, 0.25) is 0 Å². The van der Waals surface area contributed by atoms with Crippen LogP contribution in [0.4, 0.5) is 0 Å². The number of nitrogens with zero attached hydrogens (tertiary/aromatic N) is 1. The fourth-order valence-electron chi connectivity index (χ4n) is 1.85. The summed E-state index contributed by atoms with van der Waals surface area (Å²) in [4.78, 5) is 2.44. The lowest BCUT2D eigenvalue weighted by atomic mass is 9.74. The Morgan fingerprint density at radius 3 is 1.81 bits per heavy atom. The molecule has 1 atom stereocenters. The Morgan fingerprint density at radius 2 is 1.50 bits per heavy atom. The Balaban J connectivity index is 4.38. The largest absolute Gasteiger partial charge is 0.325 e. The van der Waals surface area contributed by atoms with Gasteiger partial charge in [-0.05, 0) is 45.6 Å². The number of rotatable bonds is 6. The average Bonchev–Trinajstić information content (AvgIpc) is 1.99. The van der Waals surface area contributed by atoms with E-state index < -0.39 is 0 Å². The van der Waals surface area contributed by atoms with E-state index in [2.05, 4.69) is 60.4 Å². The highest BCUT2D eigenvalue weighted by atomic mass is 15.1. The summed E-state index contributed by atoms with van der Waals surface area (Å²) < 4.78 is 0. The van der Waals surface area contributed by atoms with Gasteiger partial charge in [0, 0.05) is 18.1 Å². The molecule has 0 aliphatic carbocycles. The monoisotopic (exact) mass is 228 g/mol. The van der Waals surface area contributed by atoms with Crippen molar-refractivity contribution in [1.82, 2.24) is 4.90 Å². The fraction of sp³-hybridized carbons (Fsp3) is 1.00. The van der Waals surface area contributed by atoms with Crippen LogP contribution < -0.4 is 5.73 Å². The maximum Gasteiger partial charge on any atom is 0.0161 e. The topological polar surface area (TPSA) is 29.3 Å². The molecule has 98 valence electrons. The van der Waals surface area contributed by atoms with Crippen LogP contribution in [0.15, 0.2) is 0 Å². The van der Waals surface area contributed by atoms with Crippen molar-refractivity contribution in [3.8, 4) is 0 Å². The molecule has 0 rings (SSSR count). The summed E-state index contributed by atoms with van der Waals surface area (Å²) in [6, 6.07) is 0.627. The molecule has 0 bridgehead atoms. The summed E-state index contributed by atoms with van der Waals surface area (Å²) >= 11 is 0. The lowest BCUT2D eigenvalue weighted by Gasteiger charge is -2.43. The van der Waals surface area contributed by atoms with Crippen LogP contribution in [0.1, 0.15) is 54.9 Å². The molecule has 0 saturated heterocycles. The molecule has 2 N–H and O–H groups in total. The molecule has 0 aliphatic heterocycles. The first kappa shape index (κ1) is 15.9. The third-order valence-electron chi connectivity index (χ3n) is 3.95. The molecule has 16 heavy (non-hydrogen) atoms. The molecule has 0 heterocycles. The van der Waals surface area contributed by atoms with E-state index in [0.717, 1.165) is 12.5 Å². The predicted octanol–water partition coefficient (Wildman–Crippen LogP) is 3.12. The van der Waals surface area contributed by atoms with E-state index in [1.807, 2.05) is 0 Å². The summed E-state index contributed by atoms with van der Waals surface area (Å²) in [6.45, 7) is 16.7. The first-order chi connectivity index (χ1) is 6.97. The second-order valence-corrected chi connectivity index (χ2v) is 7.00. The molecule has 0 aromatic rings. The second kappa shape index (κ2) is 5.50. The van der Waals surface area contributed by atoms with Crippen LogP contribution >= 0.6 is 0 Å². The maximum absolute atomic E-state index is 6.24. The standard InChI is InChI=1S/C14H32N2/c1-11(2)9-12(3)16(8)10-13(4,5)14(6,7)15/h11-12H,9-10,15H2,1-8H3. The molecular formula is C14H32N2. The van der Waals surface area contributed by atoms with E-state index in [1.54, 1.807) is 0 Å². The molecule has 2 heteroatoms. The van der Waals surface area contributed by atoms with Crippen molar-refractivity contribution in [2.45, 2.75) is 66.5 Å². The zero-order chi connectivity index (χ0) is 13.1. The van der Waals surface area contributed by atoms with Gasteiger partial charge < -0.3 is 10.6 Å².